The minimum Gasteiger partial charge on any atom is -0.344 e. The van der Waals surface area contributed by atoms with Crippen molar-refractivity contribution < 1.29 is 0 Å². The van der Waals surface area contributed by atoms with Crippen molar-refractivity contribution in [2.24, 2.45) is 5.92 Å². The van der Waals surface area contributed by atoms with Gasteiger partial charge in [-0.2, -0.15) is 0 Å². The quantitative estimate of drug-likeness (QED) is 0.601. The van der Waals surface area contributed by atoms with Crippen LogP contribution in [0.4, 0.5) is 0 Å². The van der Waals surface area contributed by atoms with E-state index in [2.05, 4.69) is 20.8 Å². The highest BCUT2D eigenvalue weighted by Crippen LogP contribution is 2.08. The molecular formula is C9H26N2. The molecule has 0 amide bonds. The van der Waals surface area contributed by atoms with E-state index >= 15 is 0 Å². The van der Waals surface area contributed by atoms with Gasteiger partial charge in [-0.25, -0.2) is 0 Å². The van der Waals surface area contributed by atoms with Crippen molar-refractivity contribution in [2.75, 3.05) is 0 Å². The highest BCUT2D eigenvalue weighted by Gasteiger charge is 1.91. The third kappa shape index (κ3) is 17.8. The molecule has 0 heterocycles. The molecule has 2 heteroatoms. The lowest BCUT2D eigenvalue weighted by atomic mass is 10.1. The molecule has 0 atom stereocenters. The third-order valence-corrected chi connectivity index (χ3v) is 1.64. The van der Waals surface area contributed by atoms with Crippen molar-refractivity contribution in [2.45, 2.75) is 52.9 Å². The minimum absolute atomic E-state index is 0. The first-order chi connectivity index (χ1) is 4.27. The van der Waals surface area contributed by atoms with Gasteiger partial charge in [0.05, 0.1) is 0 Å². The molecular weight excluding hydrogens is 136 g/mol. The zero-order chi connectivity index (χ0) is 7.11. The molecule has 72 valence electrons. The molecule has 0 aromatic rings. The number of unbranched alkanes of at least 4 members (excludes halogenated alkanes) is 3. The first kappa shape index (κ1) is 17.1. The summed E-state index contributed by atoms with van der Waals surface area (Å²) in [5.74, 6) is 0.904. The Morgan fingerprint density at radius 3 is 1.82 bits per heavy atom. The molecule has 0 saturated heterocycles. The van der Waals surface area contributed by atoms with E-state index in [1.807, 2.05) is 0 Å². The Balaban J connectivity index is -0.000000320. The zero-order valence-corrected chi connectivity index (χ0v) is 8.53. The Morgan fingerprint density at radius 1 is 0.909 bits per heavy atom. The average Bonchev–Trinajstić information content (AvgIpc) is 1.80. The molecule has 0 fully saturated rings. The summed E-state index contributed by atoms with van der Waals surface area (Å²) in [5.41, 5.74) is 0. The molecule has 11 heavy (non-hydrogen) atoms. The molecule has 0 bridgehead atoms. The van der Waals surface area contributed by atoms with Gasteiger partial charge in [0, 0.05) is 0 Å². The lowest BCUT2D eigenvalue weighted by Crippen LogP contribution is -1.86. The van der Waals surface area contributed by atoms with E-state index in [0.29, 0.717) is 0 Å². The van der Waals surface area contributed by atoms with Gasteiger partial charge < -0.3 is 12.3 Å². The molecule has 2 nitrogen and oxygen atoms in total. The second kappa shape index (κ2) is 12.6. The predicted molar refractivity (Wildman–Crippen MR) is 53.6 cm³/mol. The number of hydrogen-bond donors (Lipinski definition) is 2. The van der Waals surface area contributed by atoms with Crippen LogP contribution >= 0.6 is 0 Å². The zero-order valence-electron chi connectivity index (χ0n) is 8.53. The Labute approximate surface area is 71.9 Å². The second-order valence-electron chi connectivity index (χ2n) is 3.24. The maximum Gasteiger partial charge on any atom is -0.0471 e. The Hall–Kier alpha value is -0.0800. The van der Waals surface area contributed by atoms with Crippen molar-refractivity contribution in [3.8, 4) is 0 Å². The van der Waals surface area contributed by atoms with Gasteiger partial charge in [-0.15, -0.1) is 0 Å². The van der Waals surface area contributed by atoms with Crippen LogP contribution in [0.15, 0.2) is 0 Å². The van der Waals surface area contributed by atoms with Crippen LogP contribution in [0.25, 0.3) is 0 Å². The van der Waals surface area contributed by atoms with Gasteiger partial charge in [0.15, 0.2) is 0 Å². The molecule has 0 saturated carbocycles. The molecule has 0 radical (unpaired) electrons. The molecule has 0 unspecified atom stereocenters. The van der Waals surface area contributed by atoms with Crippen LogP contribution in [0.3, 0.4) is 0 Å². The first-order valence-corrected chi connectivity index (χ1v) is 4.27. The molecule has 6 N–H and O–H groups in total. The third-order valence-electron chi connectivity index (χ3n) is 1.64. The van der Waals surface area contributed by atoms with Crippen LogP contribution in [0, 0.1) is 5.92 Å². The smallest absolute Gasteiger partial charge is 0.0471 e. The second-order valence-corrected chi connectivity index (χ2v) is 3.24. The van der Waals surface area contributed by atoms with Crippen LogP contribution in [-0.2, 0) is 0 Å². The monoisotopic (exact) mass is 162 g/mol. The summed E-state index contributed by atoms with van der Waals surface area (Å²) in [7, 11) is 0. The Kier molecular flexibility index (Phi) is 19.6. The van der Waals surface area contributed by atoms with E-state index in [1.165, 1.54) is 32.1 Å². The number of rotatable bonds is 5. The summed E-state index contributed by atoms with van der Waals surface area (Å²) in [5, 5.41) is 0. The van der Waals surface area contributed by atoms with Gasteiger partial charge in [0.1, 0.15) is 0 Å². The Bertz CT molecular complexity index is 53.5. The van der Waals surface area contributed by atoms with Crippen LogP contribution in [-0.4, -0.2) is 0 Å². The van der Waals surface area contributed by atoms with E-state index in [1.54, 1.807) is 0 Å². The molecule has 0 aliphatic rings. The normalized spacial score (nSPS) is 8.73. The summed E-state index contributed by atoms with van der Waals surface area (Å²) >= 11 is 0. The number of hydrogen-bond acceptors (Lipinski definition) is 2. The Morgan fingerprint density at radius 2 is 1.45 bits per heavy atom. The fraction of sp³-hybridized carbons (Fsp3) is 1.00. The van der Waals surface area contributed by atoms with Crippen molar-refractivity contribution in [3.05, 3.63) is 0 Å². The van der Waals surface area contributed by atoms with Crippen LogP contribution in [0.5, 0.6) is 0 Å². The van der Waals surface area contributed by atoms with Crippen molar-refractivity contribution >= 4 is 0 Å². The highest BCUT2D eigenvalue weighted by molar-refractivity contribution is 4.45. The summed E-state index contributed by atoms with van der Waals surface area (Å²) in [6.45, 7) is 6.85. The molecule has 0 spiro atoms. The maximum absolute atomic E-state index is 2.30. The van der Waals surface area contributed by atoms with Crippen molar-refractivity contribution in [3.63, 3.8) is 0 Å². The average molecular weight is 162 g/mol. The molecule has 0 aliphatic heterocycles. The SMILES string of the molecule is CCCCCCC(C)C.N.N. The highest BCUT2D eigenvalue weighted by atomic mass is 14.0. The van der Waals surface area contributed by atoms with E-state index < -0.39 is 0 Å². The van der Waals surface area contributed by atoms with E-state index in [4.69, 9.17) is 0 Å². The largest absolute Gasteiger partial charge is 0.344 e. The van der Waals surface area contributed by atoms with Gasteiger partial charge in [0.2, 0.25) is 0 Å². The van der Waals surface area contributed by atoms with E-state index in [9.17, 15) is 0 Å². The summed E-state index contributed by atoms with van der Waals surface area (Å²) in [6, 6.07) is 0. The fourth-order valence-electron chi connectivity index (χ4n) is 0.979. The maximum atomic E-state index is 2.30. The summed E-state index contributed by atoms with van der Waals surface area (Å²) in [4.78, 5) is 0. The van der Waals surface area contributed by atoms with E-state index in [0.717, 1.165) is 5.92 Å². The molecule has 0 rings (SSSR count). The fourth-order valence-corrected chi connectivity index (χ4v) is 0.979. The van der Waals surface area contributed by atoms with Crippen LogP contribution in [0.1, 0.15) is 52.9 Å². The minimum atomic E-state index is 0. The van der Waals surface area contributed by atoms with Gasteiger partial charge in [-0.3, -0.25) is 0 Å². The standard InChI is InChI=1S/C9H20.2H3N/c1-4-5-6-7-8-9(2)3;;/h9H,4-8H2,1-3H3;2*1H3. The lowest BCUT2D eigenvalue weighted by Gasteiger charge is -2.01. The topological polar surface area (TPSA) is 70.0 Å². The van der Waals surface area contributed by atoms with Gasteiger partial charge in [-0.05, 0) is 5.92 Å². The predicted octanol–water partition coefficient (Wildman–Crippen LogP) is 3.94. The molecule has 0 aliphatic carbocycles. The van der Waals surface area contributed by atoms with Crippen molar-refractivity contribution in [1.29, 1.82) is 0 Å². The molecule has 0 aromatic carbocycles. The van der Waals surface area contributed by atoms with Crippen molar-refractivity contribution in [1.82, 2.24) is 12.3 Å². The molecule has 0 aromatic heterocycles. The summed E-state index contributed by atoms with van der Waals surface area (Å²) < 4.78 is 0. The first-order valence-electron chi connectivity index (χ1n) is 4.27. The van der Waals surface area contributed by atoms with Crippen LogP contribution < -0.4 is 12.3 Å². The van der Waals surface area contributed by atoms with Gasteiger partial charge in [-0.1, -0.05) is 52.9 Å². The lowest BCUT2D eigenvalue weighted by molar-refractivity contribution is 0.525. The van der Waals surface area contributed by atoms with Crippen LogP contribution in [0.2, 0.25) is 0 Å². The van der Waals surface area contributed by atoms with E-state index in [-0.39, 0.29) is 12.3 Å². The van der Waals surface area contributed by atoms with Gasteiger partial charge in [0.25, 0.3) is 0 Å². The summed E-state index contributed by atoms with van der Waals surface area (Å²) in [6.07, 6.45) is 7.07. The van der Waals surface area contributed by atoms with Gasteiger partial charge >= 0.3 is 0 Å².